The Kier molecular flexibility index (Phi) is 4.34. The van der Waals surface area contributed by atoms with Gasteiger partial charge in [-0.25, -0.2) is 0 Å². The van der Waals surface area contributed by atoms with E-state index in [2.05, 4.69) is 15.2 Å². The Morgan fingerprint density at radius 2 is 2.19 bits per heavy atom. The van der Waals surface area contributed by atoms with Gasteiger partial charge in [-0.3, -0.25) is 9.78 Å². The van der Waals surface area contributed by atoms with Crippen LogP contribution in [0.4, 0.5) is 0 Å². The van der Waals surface area contributed by atoms with Crippen molar-refractivity contribution in [3.8, 4) is 11.4 Å². The fourth-order valence-electron chi connectivity index (χ4n) is 2.54. The van der Waals surface area contributed by atoms with Gasteiger partial charge in [-0.1, -0.05) is 24.6 Å². The lowest BCUT2D eigenvalue weighted by Gasteiger charge is -2.11. The molecule has 5 nitrogen and oxygen atoms in total. The first-order chi connectivity index (χ1) is 10.3. The number of carbonyl (C=O) groups is 1. The summed E-state index contributed by atoms with van der Waals surface area (Å²) in [6, 6.07) is 3.84. The van der Waals surface area contributed by atoms with Crippen molar-refractivity contribution < 1.29 is 4.79 Å². The lowest BCUT2D eigenvalue weighted by Crippen LogP contribution is -2.15. The van der Waals surface area contributed by atoms with E-state index in [4.69, 9.17) is 0 Å². The minimum absolute atomic E-state index is 0.0251. The summed E-state index contributed by atoms with van der Waals surface area (Å²) in [6.07, 6.45) is 8.45. The van der Waals surface area contributed by atoms with E-state index < -0.39 is 0 Å². The number of pyridine rings is 1. The maximum Gasteiger partial charge on any atom is 0.191 e. The van der Waals surface area contributed by atoms with Gasteiger partial charge in [0.1, 0.15) is 5.78 Å². The van der Waals surface area contributed by atoms with Crippen LogP contribution in [0.15, 0.2) is 29.7 Å². The van der Waals surface area contributed by atoms with E-state index in [-0.39, 0.29) is 5.25 Å². The molecule has 1 atom stereocenters. The molecular formula is C15H18N4OS. The number of Topliss-reactive ketones (excluding diaryl/α,β-unsaturated/α-hetero) is 1. The van der Waals surface area contributed by atoms with Crippen LogP contribution in [-0.2, 0) is 11.8 Å². The Balaban J connectivity index is 1.81. The fraction of sp³-hybridized carbons (Fsp3) is 0.467. The lowest BCUT2D eigenvalue weighted by molar-refractivity contribution is -0.118. The highest BCUT2D eigenvalue weighted by molar-refractivity contribution is 8.00. The van der Waals surface area contributed by atoms with Crippen molar-refractivity contribution in [2.24, 2.45) is 7.05 Å². The SMILES string of the molecule is Cn1c(SC2CCCCCC2=O)nnc1-c1cccnc1. The summed E-state index contributed by atoms with van der Waals surface area (Å²) >= 11 is 1.55. The molecule has 0 bridgehead atoms. The first-order valence-electron chi connectivity index (χ1n) is 7.25. The molecule has 0 spiro atoms. The zero-order valence-electron chi connectivity index (χ0n) is 12.0. The minimum Gasteiger partial charge on any atom is -0.305 e. The molecule has 2 aromatic rings. The molecule has 1 unspecified atom stereocenters. The molecule has 6 heteroatoms. The normalized spacial score (nSPS) is 19.5. The summed E-state index contributed by atoms with van der Waals surface area (Å²) in [5.41, 5.74) is 0.937. The van der Waals surface area contributed by atoms with Gasteiger partial charge in [-0.05, 0) is 25.0 Å². The van der Waals surface area contributed by atoms with Crippen LogP contribution < -0.4 is 0 Å². The average molecular weight is 302 g/mol. The maximum absolute atomic E-state index is 12.1. The van der Waals surface area contributed by atoms with Crippen molar-refractivity contribution >= 4 is 17.5 Å². The molecule has 110 valence electrons. The molecule has 1 aliphatic carbocycles. The van der Waals surface area contributed by atoms with Crippen LogP contribution in [0.25, 0.3) is 11.4 Å². The molecule has 3 rings (SSSR count). The van der Waals surface area contributed by atoms with Gasteiger partial charge in [0.05, 0.1) is 5.25 Å². The van der Waals surface area contributed by atoms with Gasteiger partial charge in [-0.2, -0.15) is 0 Å². The van der Waals surface area contributed by atoms with Gasteiger partial charge in [0.15, 0.2) is 11.0 Å². The molecule has 1 fully saturated rings. The molecule has 2 heterocycles. The van der Waals surface area contributed by atoms with Gasteiger partial charge in [0, 0.05) is 31.4 Å². The van der Waals surface area contributed by atoms with Crippen LogP contribution in [0.3, 0.4) is 0 Å². The highest BCUT2D eigenvalue weighted by Gasteiger charge is 2.24. The lowest BCUT2D eigenvalue weighted by atomic mass is 10.2. The Labute approximate surface area is 128 Å². The van der Waals surface area contributed by atoms with Crippen LogP contribution in [-0.4, -0.2) is 30.8 Å². The number of nitrogens with zero attached hydrogens (tertiary/aromatic N) is 4. The number of hydrogen-bond donors (Lipinski definition) is 0. The van der Waals surface area contributed by atoms with Crippen LogP contribution in [0.2, 0.25) is 0 Å². The second-order valence-corrected chi connectivity index (χ2v) is 6.45. The molecular weight excluding hydrogens is 284 g/mol. The van der Waals surface area contributed by atoms with Crippen molar-refractivity contribution in [2.75, 3.05) is 0 Å². The summed E-state index contributed by atoms with van der Waals surface area (Å²) < 4.78 is 1.94. The Bertz CT molecular complexity index is 626. The number of hydrogen-bond acceptors (Lipinski definition) is 5. The molecule has 0 radical (unpaired) electrons. The Hall–Kier alpha value is -1.69. The van der Waals surface area contributed by atoms with Crippen LogP contribution in [0.5, 0.6) is 0 Å². The number of aromatic nitrogens is 4. The van der Waals surface area contributed by atoms with Crippen LogP contribution in [0.1, 0.15) is 32.1 Å². The van der Waals surface area contributed by atoms with E-state index in [1.807, 2.05) is 23.7 Å². The van der Waals surface area contributed by atoms with Crippen molar-refractivity contribution in [1.29, 1.82) is 0 Å². The summed E-state index contributed by atoms with van der Waals surface area (Å²) in [7, 11) is 1.94. The van der Waals surface area contributed by atoms with E-state index in [1.54, 1.807) is 24.2 Å². The van der Waals surface area contributed by atoms with Crippen molar-refractivity contribution in [1.82, 2.24) is 19.7 Å². The third-order valence-corrected chi connectivity index (χ3v) is 5.10. The fourth-order valence-corrected chi connectivity index (χ4v) is 3.66. The molecule has 0 aromatic carbocycles. The third kappa shape index (κ3) is 3.15. The topological polar surface area (TPSA) is 60.7 Å². The van der Waals surface area contributed by atoms with Crippen molar-refractivity contribution in [2.45, 2.75) is 42.5 Å². The Morgan fingerprint density at radius 1 is 1.29 bits per heavy atom. The van der Waals surface area contributed by atoms with Crippen molar-refractivity contribution in [3.05, 3.63) is 24.5 Å². The van der Waals surface area contributed by atoms with Gasteiger partial charge in [0.2, 0.25) is 0 Å². The second-order valence-electron chi connectivity index (χ2n) is 5.28. The third-order valence-electron chi connectivity index (χ3n) is 3.75. The molecule has 1 aliphatic rings. The molecule has 0 amide bonds. The standard InChI is InChI=1S/C15H18N4OS/c1-19-14(11-6-5-9-16-10-11)17-18-15(19)21-13-8-4-2-3-7-12(13)20/h5-6,9-10,13H,2-4,7-8H2,1H3. The second kappa shape index (κ2) is 6.39. The van der Waals surface area contributed by atoms with Gasteiger partial charge >= 0.3 is 0 Å². The molecule has 0 aliphatic heterocycles. The molecule has 1 saturated carbocycles. The number of thioether (sulfide) groups is 1. The maximum atomic E-state index is 12.1. The van der Waals surface area contributed by atoms with E-state index in [0.717, 1.165) is 42.2 Å². The number of rotatable bonds is 3. The van der Waals surface area contributed by atoms with Crippen molar-refractivity contribution in [3.63, 3.8) is 0 Å². The molecule has 0 saturated heterocycles. The van der Waals surface area contributed by atoms with E-state index in [9.17, 15) is 4.79 Å². The van der Waals surface area contributed by atoms with E-state index in [0.29, 0.717) is 12.2 Å². The first kappa shape index (κ1) is 14.3. The molecule has 2 aromatic heterocycles. The number of ketones is 1. The van der Waals surface area contributed by atoms with Gasteiger partial charge in [0.25, 0.3) is 0 Å². The summed E-state index contributed by atoms with van der Waals surface area (Å²) in [4.78, 5) is 16.2. The zero-order chi connectivity index (χ0) is 14.7. The Morgan fingerprint density at radius 3 is 3.00 bits per heavy atom. The number of carbonyl (C=O) groups excluding carboxylic acids is 1. The van der Waals surface area contributed by atoms with E-state index >= 15 is 0 Å². The van der Waals surface area contributed by atoms with E-state index in [1.165, 1.54) is 0 Å². The largest absolute Gasteiger partial charge is 0.305 e. The molecule has 0 N–H and O–H groups in total. The predicted octanol–water partition coefficient (Wildman–Crippen LogP) is 2.87. The van der Waals surface area contributed by atoms with Gasteiger partial charge in [-0.15, -0.1) is 10.2 Å². The highest BCUT2D eigenvalue weighted by atomic mass is 32.2. The predicted molar refractivity (Wildman–Crippen MR) is 82.0 cm³/mol. The molecule has 21 heavy (non-hydrogen) atoms. The average Bonchev–Trinajstić information content (AvgIpc) is 2.74. The van der Waals surface area contributed by atoms with Crippen LogP contribution >= 0.6 is 11.8 Å². The summed E-state index contributed by atoms with van der Waals surface area (Å²) in [5, 5.41) is 9.31. The smallest absolute Gasteiger partial charge is 0.191 e. The minimum atomic E-state index is 0.0251. The highest BCUT2D eigenvalue weighted by Crippen LogP contribution is 2.31. The zero-order valence-corrected chi connectivity index (χ0v) is 12.8. The van der Waals surface area contributed by atoms with Gasteiger partial charge < -0.3 is 4.57 Å². The monoisotopic (exact) mass is 302 g/mol. The summed E-state index contributed by atoms with van der Waals surface area (Å²) in [5.74, 6) is 1.13. The quantitative estimate of drug-likeness (QED) is 0.816. The van der Waals surface area contributed by atoms with Crippen LogP contribution in [0, 0.1) is 0 Å². The summed E-state index contributed by atoms with van der Waals surface area (Å²) in [6.45, 7) is 0. The first-order valence-corrected chi connectivity index (χ1v) is 8.13.